The van der Waals surface area contributed by atoms with Crippen molar-refractivity contribution < 1.29 is 14.4 Å². The Morgan fingerprint density at radius 1 is 1.61 bits per heavy atom. The second kappa shape index (κ2) is 5.65. The third kappa shape index (κ3) is 2.80. The number of rotatable bonds is 3. The van der Waals surface area contributed by atoms with Crippen molar-refractivity contribution in [3.05, 3.63) is 34.6 Å². The summed E-state index contributed by atoms with van der Waals surface area (Å²) in [7, 11) is 0. The van der Waals surface area contributed by atoms with Gasteiger partial charge in [-0.1, -0.05) is 23.7 Å². The molecule has 2 rings (SSSR count). The molecule has 0 bridgehead atoms. The molecule has 1 saturated heterocycles. The van der Waals surface area contributed by atoms with E-state index in [0.717, 1.165) is 11.5 Å². The van der Waals surface area contributed by atoms with Crippen LogP contribution in [-0.4, -0.2) is 28.8 Å². The molecule has 2 N–H and O–H groups in total. The van der Waals surface area contributed by atoms with Crippen LogP contribution in [0.25, 0.3) is 0 Å². The summed E-state index contributed by atoms with van der Waals surface area (Å²) in [5, 5.41) is 13.1. The van der Waals surface area contributed by atoms with Crippen molar-refractivity contribution in [1.29, 1.82) is 0 Å². The number of benzene rings is 1. The maximum atomic E-state index is 13.6. The number of halogens is 2. The number of amides is 1. The zero-order chi connectivity index (χ0) is 13.1. The number of nitrogens with one attached hydrogen (secondary N) is 1. The molecular formula is C12H14ClFN2O2. The Morgan fingerprint density at radius 3 is 3.06 bits per heavy atom. The van der Waals surface area contributed by atoms with Crippen LogP contribution >= 0.6 is 11.6 Å². The van der Waals surface area contributed by atoms with Gasteiger partial charge in [0.1, 0.15) is 11.9 Å². The Bertz CT molecular complexity index is 456. The Balaban J connectivity index is 1.95. The van der Waals surface area contributed by atoms with Gasteiger partial charge in [-0.05, 0) is 18.9 Å². The third-order valence-corrected chi connectivity index (χ3v) is 3.30. The van der Waals surface area contributed by atoms with E-state index in [2.05, 4.69) is 5.32 Å². The molecule has 1 aromatic carbocycles. The predicted octanol–water partition coefficient (Wildman–Crippen LogP) is 1.95. The van der Waals surface area contributed by atoms with Crippen LogP contribution in [0.4, 0.5) is 4.39 Å². The molecule has 1 heterocycles. The fourth-order valence-corrected chi connectivity index (χ4v) is 2.20. The number of carbonyl (C=O) groups excluding carboxylic acids is 1. The SMILES string of the molecule is O=C(NCc1cccc(Cl)c1F)C1CCCN1O. The summed E-state index contributed by atoms with van der Waals surface area (Å²) in [6.07, 6.45) is 1.39. The molecule has 1 atom stereocenters. The average Bonchev–Trinajstić information content (AvgIpc) is 2.77. The second-order valence-corrected chi connectivity index (χ2v) is 4.66. The Hall–Kier alpha value is -1.17. The largest absolute Gasteiger partial charge is 0.350 e. The van der Waals surface area contributed by atoms with Gasteiger partial charge in [-0.25, -0.2) is 4.39 Å². The molecule has 98 valence electrons. The first-order chi connectivity index (χ1) is 8.59. The molecule has 6 heteroatoms. The lowest BCUT2D eigenvalue weighted by Gasteiger charge is -2.17. The highest BCUT2D eigenvalue weighted by Crippen LogP contribution is 2.18. The highest BCUT2D eigenvalue weighted by Gasteiger charge is 2.29. The first-order valence-electron chi connectivity index (χ1n) is 5.75. The minimum absolute atomic E-state index is 0.0337. The molecule has 0 spiro atoms. The monoisotopic (exact) mass is 272 g/mol. The van der Waals surface area contributed by atoms with Gasteiger partial charge >= 0.3 is 0 Å². The number of hydrogen-bond acceptors (Lipinski definition) is 3. The van der Waals surface area contributed by atoms with Gasteiger partial charge in [0.2, 0.25) is 5.91 Å². The van der Waals surface area contributed by atoms with Crippen molar-refractivity contribution in [1.82, 2.24) is 10.4 Å². The molecule has 0 aromatic heterocycles. The quantitative estimate of drug-likeness (QED) is 0.884. The summed E-state index contributed by atoms with van der Waals surface area (Å²) in [6.45, 7) is 0.555. The molecule has 0 radical (unpaired) electrons. The van der Waals surface area contributed by atoms with Crippen LogP contribution in [-0.2, 0) is 11.3 Å². The molecule has 1 unspecified atom stereocenters. The number of hydrogen-bond donors (Lipinski definition) is 2. The van der Waals surface area contributed by atoms with Crippen LogP contribution in [0.1, 0.15) is 18.4 Å². The van der Waals surface area contributed by atoms with Gasteiger partial charge in [0.05, 0.1) is 5.02 Å². The van der Waals surface area contributed by atoms with Crippen LogP contribution in [0.3, 0.4) is 0 Å². The van der Waals surface area contributed by atoms with Crippen molar-refractivity contribution in [3.8, 4) is 0 Å². The molecule has 1 aliphatic heterocycles. The average molecular weight is 273 g/mol. The molecule has 1 amide bonds. The summed E-state index contributed by atoms with van der Waals surface area (Å²) in [6, 6.07) is 4.11. The fraction of sp³-hybridized carbons (Fsp3) is 0.417. The number of carbonyl (C=O) groups is 1. The van der Waals surface area contributed by atoms with Gasteiger partial charge in [0.25, 0.3) is 0 Å². The van der Waals surface area contributed by atoms with Crippen molar-refractivity contribution >= 4 is 17.5 Å². The Labute approximate surface area is 109 Å². The molecule has 1 aliphatic rings. The van der Waals surface area contributed by atoms with Gasteiger partial charge in [-0.15, -0.1) is 0 Å². The summed E-state index contributed by atoms with van der Waals surface area (Å²) < 4.78 is 13.6. The van der Waals surface area contributed by atoms with E-state index in [1.54, 1.807) is 12.1 Å². The van der Waals surface area contributed by atoms with Crippen molar-refractivity contribution in [2.75, 3.05) is 6.54 Å². The highest BCUT2D eigenvalue weighted by molar-refractivity contribution is 6.30. The molecule has 18 heavy (non-hydrogen) atoms. The van der Waals surface area contributed by atoms with Gasteiger partial charge in [-0.3, -0.25) is 4.79 Å². The predicted molar refractivity (Wildman–Crippen MR) is 64.8 cm³/mol. The van der Waals surface area contributed by atoms with E-state index >= 15 is 0 Å². The fourth-order valence-electron chi connectivity index (χ4n) is 2.00. The molecule has 0 saturated carbocycles. The zero-order valence-corrected chi connectivity index (χ0v) is 10.5. The molecular weight excluding hydrogens is 259 g/mol. The van der Waals surface area contributed by atoms with Crippen LogP contribution < -0.4 is 5.32 Å². The summed E-state index contributed by atoms with van der Waals surface area (Å²) in [5.41, 5.74) is 0.332. The van der Waals surface area contributed by atoms with E-state index < -0.39 is 11.9 Å². The van der Waals surface area contributed by atoms with E-state index in [0.29, 0.717) is 18.5 Å². The number of hydroxylamine groups is 2. The lowest BCUT2D eigenvalue weighted by Crippen LogP contribution is -2.41. The highest BCUT2D eigenvalue weighted by atomic mass is 35.5. The van der Waals surface area contributed by atoms with Crippen molar-refractivity contribution in [3.63, 3.8) is 0 Å². The normalized spacial score (nSPS) is 20.1. The maximum absolute atomic E-state index is 13.6. The van der Waals surface area contributed by atoms with Crippen LogP contribution in [0.2, 0.25) is 5.02 Å². The second-order valence-electron chi connectivity index (χ2n) is 4.25. The van der Waals surface area contributed by atoms with Gasteiger partial charge in [-0.2, -0.15) is 5.06 Å². The molecule has 0 aliphatic carbocycles. The minimum atomic E-state index is -0.535. The number of nitrogens with zero attached hydrogens (tertiary/aromatic N) is 1. The molecule has 1 aromatic rings. The van der Waals surface area contributed by atoms with Crippen LogP contribution in [0.5, 0.6) is 0 Å². The van der Waals surface area contributed by atoms with Crippen LogP contribution in [0.15, 0.2) is 18.2 Å². The van der Waals surface area contributed by atoms with Crippen molar-refractivity contribution in [2.24, 2.45) is 0 Å². The third-order valence-electron chi connectivity index (χ3n) is 3.01. The van der Waals surface area contributed by atoms with Gasteiger partial charge in [0.15, 0.2) is 0 Å². The maximum Gasteiger partial charge on any atom is 0.240 e. The smallest absolute Gasteiger partial charge is 0.240 e. The lowest BCUT2D eigenvalue weighted by atomic mass is 10.2. The molecule has 1 fully saturated rings. The minimum Gasteiger partial charge on any atom is -0.350 e. The van der Waals surface area contributed by atoms with E-state index in [1.807, 2.05) is 0 Å². The Kier molecular flexibility index (Phi) is 4.16. The van der Waals surface area contributed by atoms with Crippen molar-refractivity contribution in [2.45, 2.75) is 25.4 Å². The van der Waals surface area contributed by atoms with E-state index in [-0.39, 0.29) is 17.5 Å². The zero-order valence-electron chi connectivity index (χ0n) is 9.70. The Morgan fingerprint density at radius 2 is 2.39 bits per heavy atom. The standard InChI is InChI=1S/C12H14ClFN2O2/c13-9-4-1-3-8(11(9)14)7-15-12(17)10-5-2-6-16(10)18/h1,3-4,10,18H,2,5-7H2,(H,15,17). The van der Waals surface area contributed by atoms with Crippen LogP contribution in [0, 0.1) is 5.82 Å². The summed E-state index contributed by atoms with van der Waals surface area (Å²) in [5.74, 6) is -0.818. The first kappa shape index (κ1) is 13.3. The topological polar surface area (TPSA) is 52.6 Å². The van der Waals surface area contributed by atoms with E-state index in [4.69, 9.17) is 11.6 Å². The lowest BCUT2D eigenvalue weighted by molar-refractivity contribution is -0.145. The summed E-state index contributed by atoms with van der Waals surface area (Å²) in [4.78, 5) is 11.8. The van der Waals surface area contributed by atoms with E-state index in [9.17, 15) is 14.4 Å². The van der Waals surface area contributed by atoms with Gasteiger partial charge in [0, 0.05) is 18.7 Å². The first-order valence-corrected chi connectivity index (χ1v) is 6.13. The molecule has 4 nitrogen and oxygen atoms in total. The summed E-state index contributed by atoms with van der Waals surface area (Å²) >= 11 is 5.64. The van der Waals surface area contributed by atoms with Gasteiger partial charge < -0.3 is 10.5 Å². The van der Waals surface area contributed by atoms with E-state index in [1.165, 1.54) is 6.07 Å².